The van der Waals surface area contributed by atoms with Gasteiger partial charge in [-0.25, -0.2) is 4.98 Å². The molecule has 5 nitrogen and oxygen atoms in total. The number of hydrogen-bond acceptors (Lipinski definition) is 4. The molecule has 2 aromatic rings. The first-order valence-corrected chi connectivity index (χ1v) is 7.55. The van der Waals surface area contributed by atoms with Crippen LogP contribution < -0.4 is 10.6 Å². The van der Waals surface area contributed by atoms with Crippen molar-refractivity contribution in [2.75, 3.05) is 25.5 Å². The number of nitrogens with zero attached hydrogens (tertiary/aromatic N) is 3. The van der Waals surface area contributed by atoms with Crippen molar-refractivity contribution in [1.29, 1.82) is 0 Å². The molecule has 0 fully saturated rings. The molecule has 0 aliphatic heterocycles. The first-order chi connectivity index (χ1) is 10.2. The van der Waals surface area contributed by atoms with Crippen molar-refractivity contribution in [3.8, 4) is 0 Å². The van der Waals surface area contributed by atoms with E-state index in [9.17, 15) is 0 Å². The second-order valence-corrected chi connectivity index (χ2v) is 5.54. The van der Waals surface area contributed by atoms with Crippen LogP contribution in [0.1, 0.15) is 36.5 Å². The minimum absolute atomic E-state index is 0.766. The molecule has 0 unspecified atom stereocenters. The molecular formula is C16H25N5. The van der Waals surface area contributed by atoms with E-state index in [0.29, 0.717) is 0 Å². The fourth-order valence-electron chi connectivity index (χ4n) is 2.24. The summed E-state index contributed by atoms with van der Waals surface area (Å²) in [6.45, 7) is 0.766. The van der Waals surface area contributed by atoms with Gasteiger partial charge in [-0.15, -0.1) is 0 Å². The van der Waals surface area contributed by atoms with Gasteiger partial charge in [0.2, 0.25) is 0 Å². The molecule has 0 amide bonds. The van der Waals surface area contributed by atoms with E-state index in [0.717, 1.165) is 50.3 Å². The van der Waals surface area contributed by atoms with Crippen molar-refractivity contribution in [1.82, 2.24) is 15.2 Å². The molecule has 3 N–H and O–H groups in total. The number of benzene rings is 1. The molecule has 1 aromatic heterocycles. The van der Waals surface area contributed by atoms with Gasteiger partial charge in [0.1, 0.15) is 5.82 Å². The van der Waals surface area contributed by atoms with E-state index in [2.05, 4.69) is 44.3 Å². The highest BCUT2D eigenvalue weighted by Crippen LogP contribution is 2.14. The highest BCUT2D eigenvalue weighted by atomic mass is 15.2. The highest BCUT2D eigenvalue weighted by Gasteiger charge is 2.04. The summed E-state index contributed by atoms with van der Waals surface area (Å²) in [5, 5.41) is 7.32. The maximum absolute atomic E-state index is 5.49. The molecule has 2 rings (SSSR count). The molecule has 0 atom stereocenters. The van der Waals surface area contributed by atoms with Gasteiger partial charge >= 0.3 is 0 Å². The van der Waals surface area contributed by atoms with Gasteiger partial charge in [-0.05, 0) is 37.1 Å². The number of aromatic nitrogens is 3. The molecule has 0 bridgehead atoms. The zero-order chi connectivity index (χ0) is 15.1. The molecular weight excluding hydrogens is 262 g/mol. The zero-order valence-corrected chi connectivity index (χ0v) is 13.0. The lowest BCUT2D eigenvalue weighted by Crippen LogP contribution is -2.08. The van der Waals surface area contributed by atoms with Crippen LogP contribution in [0.2, 0.25) is 0 Å². The Morgan fingerprint density at radius 3 is 2.52 bits per heavy atom. The number of aromatic amines is 1. The van der Waals surface area contributed by atoms with Gasteiger partial charge in [-0.1, -0.05) is 18.6 Å². The Morgan fingerprint density at radius 1 is 1.10 bits per heavy atom. The molecule has 5 heteroatoms. The highest BCUT2D eigenvalue weighted by molar-refractivity contribution is 5.46. The minimum Gasteiger partial charge on any atom is -0.378 e. The van der Waals surface area contributed by atoms with E-state index in [1.165, 1.54) is 11.3 Å². The molecule has 0 spiro atoms. The second kappa shape index (κ2) is 7.78. The van der Waals surface area contributed by atoms with Gasteiger partial charge < -0.3 is 10.6 Å². The number of H-pyrrole nitrogens is 1. The lowest BCUT2D eigenvalue weighted by Gasteiger charge is -2.12. The van der Waals surface area contributed by atoms with E-state index in [4.69, 9.17) is 5.73 Å². The maximum Gasteiger partial charge on any atom is 0.150 e. The summed E-state index contributed by atoms with van der Waals surface area (Å²) in [6.07, 6.45) is 5.05. The number of anilines is 1. The van der Waals surface area contributed by atoms with Crippen LogP contribution in [0.3, 0.4) is 0 Å². The van der Waals surface area contributed by atoms with Gasteiger partial charge in [0, 0.05) is 32.6 Å². The normalized spacial score (nSPS) is 10.8. The van der Waals surface area contributed by atoms with E-state index < -0.39 is 0 Å². The van der Waals surface area contributed by atoms with Crippen molar-refractivity contribution < 1.29 is 0 Å². The van der Waals surface area contributed by atoms with Crippen LogP contribution >= 0.6 is 0 Å². The molecule has 1 heterocycles. The van der Waals surface area contributed by atoms with Gasteiger partial charge in [-0.3, -0.25) is 5.10 Å². The van der Waals surface area contributed by atoms with Crippen molar-refractivity contribution >= 4 is 5.69 Å². The first-order valence-electron chi connectivity index (χ1n) is 7.55. The number of unbranched alkanes of at least 4 members (excludes halogenated alkanes) is 2. The van der Waals surface area contributed by atoms with Crippen molar-refractivity contribution in [2.24, 2.45) is 5.73 Å². The number of aryl methyl sites for hydroxylation is 1. The molecule has 0 aliphatic carbocycles. The Labute approximate surface area is 126 Å². The lowest BCUT2D eigenvalue weighted by molar-refractivity contribution is 0.670. The molecule has 21 heavy (non-hydrogen) atoms. The third-order valence-electron chi connectivity index (χ3n) is 3.51. The average molecular weight is 287 g/mol. The van der Waals surface area contributed by atoms with Crippen LogP contribution in [0.15, 0.2) is 24.3 Å². The Hall–Kier alpha value is -1.88. The van der Waals surface area contributed by atoms with Crippen LogP contribution in [0.5, 0.6) is 0 Å². The number of hydrogen-bond donors (Lipinski definition) is 2. The minimum atomic E-state index is 0.766. The van der Waals surface area contributed by atoms with E-state index in [-0.39, 0.29) is 0 Å². The summed E-state index contributed by atoms with van der Waals surface area (Å²) in [5.41, 5.74) is 7.93. The standard InChI is InChI=1S/C16H25N5/c1-21(2)14-9-7-13(8-10-14)12-16-18-15(19-20-16)6-4-3-5-11-17/h7-10H,3-6,11-12,17H2,1-2H3,(H,18,19,20). The number of nitrogens with one attached hydrogen (secondary N) is 1. The third kappa shape index (κ3) is 4.86. The van der Waals surface area contributed by atoms with E-state index in [1.807, 2.05) is 14.1 Å². The van der Waals surface area contributed by atoms with Crippen LogP contribution in [0, 0.1) is 0 Å². The number of nitrogens with two attached hydrogens (primary N) is 1. The molecule has 0 aliphatic rings. The summed E-state index contributed by atoms with van der Waals surface area (Å²) >= 11 is 0. The predicted molar refractivity (Wildman–Crippen MR) is 86.6 cm³/mol. The predicted octanol–water partition coefficient (Wildman–Crippen LogP) is 2.13. The van der Waals surface area contributed by atoms with E-state index in [1.54, 1.807) is 0 Å². The smallest absolute Gasteiger partial charge is 0.150 e. The van der Waals surface area contributed by atoms with Gasteiger partial charge in [0.25, 0.3) is 0 Å². The number of rotatable bonds is 8. The molecule has 0 saturated heterocycles. The van der Waals surface area contributed by atoms with Crippen LogP contribution in [-0.4, -0.2) is 35.8 Å². The Kier molecular flexibility index (Phi) is 5.75. The van der Waals surface area contributed by atoms with Crippen molar-refractivity contribution in [2.45, 2.75) is 32.1 Å². The molecule has 114 valence electrons. The summed E-state index contributed by atoms with van der Waals surface area (Å²) in [5.74, 6) is 1.84. The van der Waals surface area contributed by atoms with Crippen LogP contribution in [-0.2, 0) is 12.8 Å². The second-order valence-electron chi connectivity index (χ2n) is 5.54. The van der Waals surface area contributed by atoms with Crippen LogP contribution in [0.25, 0.3) is 0 Å². The fourth-order valence-corrected chi connectivity index (χ4v) is 2.24. The van der Waals surface area contributed by atoms with Crippen molar-refractivity contribution in [3.63, 3.8) is 0 Å². The monoisotopic (exact) mass is 287 g/mol. The summed E-state index contributed by atoms with van der Waals surface area (Å²) in [4.78, 5) is 6.65. The SMILES string of the molecule is CN(C)c1ccc(Cc2nc(CCCCCN)n[nH]2)cc1. The third-order valence-corrected chi connectivity index (χ3v) is 3.51. The maximum atomic E-state index is 5.49. The summed E-state index contributed by atoms with van der Waals surface area (Å²) in [6, 6.07) is 8.52. The molecule has 0 saturated carbocycles. The van der Waals surface area contributed by atoms with Gasteiger partial charge in [-0.2, -0.15) is 5.10 Å². The lowest BCUT2D eigenvalue weighted by atomic mass is 10.1. The average Bonchev–Trinajstić information content (AvgIpc) is 2.92. The Balaban J connectivity index is 1.86. The summed E-state index contributed by atoms with van der Waals surface area (Å²) in [7, 11) is 4.09. The fraction of sp³-hybridized carbons (Fsp3) is 0.500. The van der Waals surface area contributed by atoms with Crippen LogP contribution in [0.4, 0.5) is 5.69 Å². The Bertz CT molecular complexity index is 530. The Morgan fingerprint density at radius 2 is 1.86 bits per heavy atom. The quantitative estimate of drug-likeness (QED) is 0.730. The molecule has 0 radical (unpaired) electrons. The largest absolute Gasteiger partial charge is 0.378 e. The van der Waals surface area contributed by atoms with Gasteiger partial charge in [0.05, 0.1) is 0 Å². The van der Waals surface area contributed by atoms with Gasteiger partial charge in [0.15, 0.2) is 5.82 Å². The molecule has 1 aromatic carbocycles. The van der Waals surface area contributed by atoms with Crippen molar-refractivity contribution in [3.05, 3.63) is 41.5 Å². The topological polar surface area (TPSA) is 70.8 Å². The zero-order valence-electron chi connectivity index (χ0n) is 13.0. The van der Waals surface area contributed by atoms with E-state index >= 15 is 0 Å². The first kappa shape index (κ1) is 15.5. The summed E-state index contributed by atoms with van der Waals surface area (Å²) < 4.78 is 0.